The first-order valence-electron chi connectivity index (χ1n) is 8.70. The van der Waals surface area contributed by atoms with Crippen molar-refractivity contribution in [1.29, 1.82) is 0 Å². The molecule has 0 aliphatic carbocycles. The summed E-state index contributed by atoms with van der Waals surface area (Å²) in [7, 11) is 0. The Morgan fingerprint density at radius 1 is 1.08 bits per heavy atom. The Balaban J connectivity index is 1.55. The first-order chi connectivity index (χ1) is 12.1. The minimum Gasteiger partial charge on any atom is -0.484 e. The highest BCUT2D eigenvalue weighted by atomic mass is 16.5. The summed E-state index contributed by atoms with van der Waals surface area (Å²) in [6, 6.07) is 17.4. The van der Waals surface area contributed by atoms with E-state index in [1.807, 2.05) is 23.1 Å². The van der Waals surface area contributed by atoms with Crippen molar-refractivity contribution in [2.75, 3.05) is 13.2 Å². The molecule has 2 aromatic rings. The Morgan fingerprint density at radius 2 is 1.80 bits per heavy atom. The second-order valence-corrected chi connectivity index (χ2v) is 6.44. The van der Waals surface area contributed by atoms with Gasteiger partial charge in [-0.3, -0.25) is 9.59 Å². The van der Waals surface area contributed by atoms with Gasteiger partial charge in [0, 0.05) is 18.2 Å². The number of carbonyl (C=O) groups is 2. The quantitative estimate of drug-likeness (QED) is 0.758. The number of ether oxygens (including phenoxy) is 1. The molecule has 0 saturated carbocycles. The summed E-state index contributed by atoms with van der Waals surface area (Å²) in [4.78, 5) is 25.8. The number of amides is 1. The van der Waals surface area contributed by atoms with E-state index in [2.05, 4.69) is 12.1 Å². The molecule has 0 bridgehead atoms. The number of nitrogens with zero attached hydrogens (tertiary/aromatic N) is 1. The van der Waals surface area contributed by atoms with Gasteiger partial charge >= 0.3 is 0 Å². The Morgan fingerprint density at radius 3 is 2.48 bits per heavy atom. The van der Waals surface area contributed by atoms with Gasteiger partial charge in [-0.05, 0) is 56.0 Å². The van der Waals surface area contributed by atoms with Crippen molar-refractivity contribution in [3.8, 4) is 5.75 Å². The molecule has 1 unspecified atom stereocenters. The summed E-state index contributed by atoms with van der Waals surface area (Å²) in [5.41, 5.74) is 1.90. The molecule has 1 aliphatic rings. The highest BCUT2D eigenvalue weighted by molar-refractivity contribution is 5.94. The lowest BCUT2D eigenvalue weighted by Gasteiger charge is -2.25. The van der Waals surface area contributed by atoms with Crippen molar-refractivity contribution >= 4 is 11.7 Å². The molecule has 4 nitrogen and oxygen atoms in total. The molecular formula is C21H23NO3. The number of ketones is 1. The topological polar surface area (TPSA) is 46.6 Å². The minimum atomic E-state index is 0.0171. The van der Waals surface area contributed by atoms with Gasteiger partial charge in [0.05, 0.1) is 0 Å². The molecule has 0 radical (unpaired) electrons. The number of rotatable bonds is 6. The van der Waals surface area contributed by atoms with E-state index in [0.29, 0.717) is 11.3 Å². The summed E-state index contributed by atoms with van der Waals surface area (Å²) in [5.74, 6) is 0.648. The van der Waals surface area contributed by atoms with Crippen LogP contribution in [0.2, 0.25) is 0 Å². The maximum Gasteiger partial charge on any atom is 0.260 e. The predicted octanol–water partition coefficient (Wildman–Crippen LogP) is 3.50. The van der Waals surface area contributed by atoms with Gasteiger partial charge in [0.25, 0.3) is 5.91 Å². The maximum absolute atomic E-state index is 12.5. The summed E-state index contributed by atoms with van der Waals surface area (Å²) >= 11 is 0. The molecule has 4 heteroatoms. The molecule has 1 atom stereocenters. The van der Waals surface area contributed by atoms with Crippen LogP contribution in [-0.4, -0.2) is 35.8 Å². The van der Waals surface area contributed by atoms with Gasteiger partial charge in [-0.15, -0.1) is 0 Å². The van der Waals surface area contributed by atoms with Crippen molar-refractivity contribution in [2.24, 2.45) is 0 Å². The minimum absolute atomic E-state index is 0.0171. The highest BCUT2D eigenvalue weighted by Gasteiger charge is 2.28. The molecule has 1 fully saturated rings. The molecule has 1 heterocycles. The van der Waals surface area contributed by atoms with E-state index in [9.17, 15) is 9.59 Å². The van der Waals surface area contributed by atoms with Crippen molar-refractivity contribution in [2.45, 2.75) is 32.2 Å². The number of likely N-dealkylation sites (tertiary alicyclic amines) is 1. The molecule has 0 N–H and O–H groups in total. The Kier molecular flexibility index (Phi) is 5.49. The fourth-order valence-electron chi connectivity index (χ4n) is 3.28. The van der Waals surface area contributed by atoms with E-state index in [1.165, 1.54) is 12.5 Å². The Bertz CT molecular complexity index is 725. The lowest BCUT2D eigenvalue weighted by Crippen LogP contribution is -2.39. The van der Waals surface area contributed by atoms with E-state index in [4.69, 9.17) is 4.74 Å². The summed E-state index contributed by atoms with van der Waals surface area (Å²) in [5, 5.41) is 0. The highest BCUT2D eigenvalue weighted by Crippen LogP contribution is 2.22. The van der Waals surface area contributed by atoms with Gasteiger partial charge < -0.3 is 9.64 Å². The molecule has 3 rings (SSSR count). The van der Waals surface area contributed by atoms with E-state index in [-0.39, 0.29) is 24.3 Å². The third kappa shape index (κ3) is 4.47. The largest absolute Gasteiger partial charge is 0.484 e. The van der Waals surface area contributed by atoms with Crippen LogP contribution in [0, 0.1) is 0 Å². The fourth-order valence-corrected chi connectivity index (χ4v) is 3.28. The van der Waals surface area contributed by atoms with Crippen molar-refractivity contribution in [1.82, 2.24) is 4.90 Å². The van der Waals surface area contributed by atoms with Crippen LogP contribution in [0.3, 0.4) is 0 Å². The monoisotopic (exact) mass is 337 g/mol. The lowest BCUT2D eigenvalue weighted by molar-refractivity contribution is -0.134. The molecular weight excluding hydrogens is 314 g/mol. The second kappa shape index (κ2) is 7.97. The first-order valence-corrected chi connectivity index (χ1v) is 8.70. The molecule has 1 aliphatic heterocycles. The van der Waals surface area contributed by atoms with Crippen molar-refractivity contribution in [3.63, 3.8) is 0 Å². The van der Waals surface area contributed by atoms with Gasteiger partial charge in [0.2, 0.25) is 0 Å². The average Bonchev–Trinajstić information content (AvgIpc) is 3.09. The SMILES string of the molecule is CC(=O)c1ccc(OCC(=O)N2CCCC2Cc2ccccc2)cc1. The zero-order chi connectivity index (χ0) is 17.6. The predicted molar refractivity (Wildman–Crippen MR) is 96.8 cm³/mol. The molecule has 2 aromatic carbocycles. The molecule has 130 valence electrons. The van der Waals surface area contributed by atoms with Crippen LogP contribution < -0.4 is 4.74 Å². The first kappa shape index (κ1) is 17.2. The summed E-state index contributed by atoms with van der Waals surface area (Å²) in [6.45, 7) is 2.35. The van der Waals surface area contributed by atoms with Crippen LogP contribution in [0.1, 0.15) is 35.7 Å². The van der Waals surface area contributed by atoms with Gasteiger partial charge in [0.1, 0.15) is 5.75 Å². The number of hydrogen-bond acceptors (Lipinski definition) is 3. The molecule has 1 amide bonds. The summed E-state index contributed by atoms with van der Waals surface area (Å²) in [6.07, 6.45) is 2.96. The van der Waals surface area contributed by atoms with Crippen LogP contribution in [0.25, 0.3) is 0 Å². The number of hydrogen-bond donors (Lipinski definition) is 0. The zero-order valence-corrected chi connectivity index (χ0v) is 14.5. The van der Waals surface area contributed by atoms with Gasteiger partial charge in [0.15, 0.2) is 12.4 Å². The van der Waals surface area contributed by atoms with Crippen LogP contribution in [0.4, 0.5) is 0 Å². The van der Waals surface area contributed by atoms with Crippen molar-refractivity contribution < 1.29 is 14.3 Å². The van der Waals surface area contributed by atoms with Gasteiger partial charge in [-0.1, -0.05) is 30.3 Å². The van der Waals surface area contributed by atoms with E-state index in [1.54, 1.807) is 24.3 Å². The average molecular weight is 337 g/mol. The van der Waals surface area contributed by atoms with E-state index in [0.717, 1.165) is 25.8 Å². The fraction of sp³-hybridized carbons (Fsp3) is 0.333. The van der Waals surface area contributed by atoms with Crippen LogP contribution in [0.15, 0.2) is 54.6 Å². The molecule has 0 aromatic heterocycles. The zero-order valence-electron chi connectivity index (χ0n) is 14.5. The molecule has 0 spiro atoms. The third-order valence-electron chi connectivity index (χ3n) is 4.63. The number of benzene rings is 2. The maximum atomic E-state index is 12.5. The van der Waals surface area contributed by atoms with Crippen molar-refractivity contribution in [3.05, 3.63) is 65.7 Å². The summed E-state index contributed by atoms with van der Waals surface area (Å²) < 4.78 is 5.61. The smallest absolute Gasteiger partial charge is 0.260 e. The second-order valence-electron chi connectivity index (χ2n) is 6.44. The van der Waals surface area contributed by atoms with E-state index < -0.39 is 0 Å². The standard InChI is InChI=1S/C21H23NO3/c1-16(23)18-9-11-20(12-10-18)25-15-21(24)22-13-5-8-19(22)14-17-6-3-2-4-7-17/h2-4,6-7,9-12,19H,5,8,13-15H2,1H3. The lowest BCUT2D eigenvalue weighted by atomic mass is 10.0. The third-order valence-corrected chi connectivity index (χ3v) is 4.63. The van der Waals surface area contributed by atoms with E-state index >= 15 is 0 Å². The Hall–Kier alpha value is -2.62. The Labute approximate surface area is 148 Å². The number of carbonyl (C=O) groups excluding carboxylic acids is 2. The molecule has 25 heavy (non-hydrogen) atoms. The van der Waals surface area contributed by atoms with Gasteiger partial charge in [-0.25, -0.2) is 0 Å². The normalized spacial score (nSPS) is 16.7. The number of Topliss-reactive ketones (excluding diaryl/α,β-unsaturated/α-hetero) is 1. The van der Waals surface area contributed by atoms with Gasteiger partial charge in [-0.2, -0.15) is 0 Å². The molecule has 1 saturated heterocycles. The van der Waals surface area contributed by atoms with Crippen LogP contribution in [-0.2, 0) is 11.2 Å². The van der Waals surface area contributed by atoms with Crippen LogP contribution in [0.5, 0.6) is 5.75 Å². The van der Waals surface area contributed by atoms with Crippen LogP contribution >= 0.6 is 0 Å².